The van der Waals surface area contributed by atoms with E-state index >= 15 is 0 Å². The van der Waals surface area contributed by atoms with Gasteiger partial charge in [0.1, 0.15) is 0 Å². The molecule has 1 unspecified atom stereocenters. The lowest BCUT2D eigenvalue weighted by molar-refractivity contribution is -0.127. The number of nitrogens with zero attached hydrogens (tertiary/aromatic N) is 1. The number of pyridine rings is 1. The smallest absolute Gasteiger partial charge is 0.261 e. The van der Waals surface area contributed by atoms with Crippen molar-refractivity contribution in [1.82, 2.24) is 10.3 Å². The Balaban J connectivity index is 1.47. The summed E-state index contributed by atoms with van der Waals surface area (Å²) >= 11 is 0. The average molecular weight is 380 g/mol. The van der Waals surface area contributed by atoms with Crippen molar-refractivity contribution < 1.29 is 19.1 Å². The van der Waals surface area contributed by atoms with Gasteiger partial charge >= 0.3 is 0 Å². The highest BCUT2D eigenvalue weighted by molar-refractivity contribution is 5.95. The van der Waals surface area contributed by atoms with Crippen LogP contribution in [-0.4, -0.2) is 42.5 Å². The van der Waals surface area contributed by atoms with Crippen molar-refractivity contribution in [2.45, 2.75) is 32.3 Å². The monoisotopic (exact) mass is 380 g/mol. The summed E-state index contributed by atoms with van der Waals surface area (Å²) < 4.78 is 11.2. The normalized spacial score (nSPS) is 19.0. The van der Waals surface area contributed by atoms with Gasteiger partial charge in [0.2, 0.25) is 5.88 Å². The molecule has 6 heteroatoms. The number of carbonyl (C=O) groups is 2. The Labute approximate surface area is 164 Å². The van der Waals surface area contributed by atoms with Gasteiger partial charge in [-0.15, -0.1) is 0 Å². The number of fused-ring (bicyclic) bond motifs is 1. The predicted molar refractivity (Wildman–Crippen MR) is 104 cm³/mol. The van der Waals surface area contributed by atoms with Crippen molar-refractivity contribution >= 4 is 11.7 Å². The SMILES string of the molecule is CC(=O)c1cccc(-c2ccnc3c2CC(C(=O)NCC2CCOCC2)O3)c1. The fraction of sp³-hybridized carbons (Fsp3) is 0.409. The number of benzene rings is 1. The van der Waals surface area contributed by atoms with Crippen molar-refractivity contribution in [3.8, 4) is 17.0 Å². The molecule has 1 amide bonds. The first kappa shape index (κ1) is 18.6. The minimum Gasteiger partial charge on any atom is -0.464 e. The summed E-state index contributed by atoms with van der Waals surface area (Å²) in [4.78, 5) is 28.6. The second-order valence-corrected chi connectivity index (χ2v) is 7.39. The molecule has 1 fully saturated rings. The number of rotatable bonds is 5. The molecule has 2 aromatic rings. The van der Waals surface area contributed by atoms with Crippen LogP contribution in [0.2, 0.25) is 0 Å². The van der Waals surface area contributed by atoms with E-state index in [0.29, 0.717) is 30.3 Å². The number of ether oxygens (including phenoxy) is 2. The summed E-state index contributed by atoms with van der Waals surface area (Å²) in [6.07, 6.45) is 3.54. The first-order chi connectivity index (χ1) is 13.6. The number of Topliss-reactive ketones (excluding diaryl/α,β-unsaturated/α-hetero) is 1. The Hall–Kier alpha value is -2.73. The van der Waals surface area contributed by atoms with Crippen molar-refractivity contribution in [2.24, 2.45) is 5.92 Å². The van der Waals surface area contributed by atoms with Crippen LogP contribution in [0.5, 0.6) is 5.88 Å². The molecule has 0 bridgehead atoms. The molecule has 1 atom stereocenters. The molecule has 1 saturated heterocycles. The number of nitrogens with one attached hydrogen (secondary N) is 1. The van der Waals surface area contributed by atoms with Crippen LogP contribution in [0.3, 0.4) is 0 Å². The quantitative estimate of drug-likeness (QED) is 0.807. The van der Waals surface area contributed by atoms with Gasteiger partial charge in [0.05, 0.1) is 0 Å². The number of hydrogen-bond acceptors (Lipinski definition) is 5. The molecule has 6 nitrogen and oxygen atoms in total. The molecule has 2 aliphatic rings. The lowest BCUT2D eigenvalue weighted by Crippen LogP contribution is -2.40. The Bertz CT molecular complexity index is 890. The van der Waals surface area contributed by atoms with Crippen LogP contribution >= 0.6 is 0 Å². The van der Waals surface area contributed by atoms with E-state index in [-0.39, 0.29) is 11.7 Å². The maximum absolute atomic E-state index is 12.6. The van der Waals surface area contributed by atoms with Gasteiger partial charge in [0, 0.05) is 43.5 Å². The average Bonchev–Trinajstić information content (AvgIpc) is 3.17. The standard InChI is InChI=1S/C22H24N2O4/c1-14(25)16-3-2-4-17(11-16)18-5-8-23-22-19(18)12-20(28-22)21(26)24-13-15-6-9-27-10-7-15/h2-5,8,11,15,20H,6-7,9-10,12-13H2,1H3,(H,24,26). The van der Waals surface area contributed by atoms with Gasteiger partial charge in [-0.1, -0.05) is 18.2 Å². The molecule has 1 aromatic carbocycles. The third-order valence-corrected chi connectivity index (χ3v) is 5.44. The van der Waals surface area contributed by atoms with E-state index < -0.39 is 6.10 Å². The predicted octanol–water partition coefficient (Wildman–Crippen LogP) is 2.80. The van der Waals surface area contributed by atoms with Gasteiger partial charge < -0.3 is 14.8 Å². The third-order valence-electron chi connectivity index (χ3n) is 5.44. The highest BCUT2D eigenvalue weighted by atomic mass is 16.5. The summed E-state index contributed by atoms with van der Waals surface area (Å²) in [6.45, 7) is 3.73. The molecule has 3 heterocycles. The molecule has 0 saturated carbocycles. The van der Waals surface area contributed by atoms with Gasteiger partial charge in [-0.2, -0.15) is 0 Å². The highest BCUT2D eigenvalue weighted by Gasteiger charge is 2.32. The fourth-order valence-corrected chi connectivity index (χ4v) is 3.77. The van der Waals surface area contributed by atoms with E-state index in [0.717, 1.165) is 42.7 Å². The van der Waals surface area contributed by atoms with E-state index in [9.17, 15) is 9.59 Å². The van der Waals surface area contributed by atoms with E-state index in [2.05, 4.69) is 10.3 Å². The van der Waals surface area contributed by atoms with E-state index in [4.69, 9.17) is 9.47 Å². The van der Waals surface area contributed by atoms with Crippen LogP contribution in [0.4, 0.5) is 0 Å². The lowest BCUT2D eigenvalue weighted by atomic mass is 9.96. The van der Waals surface area contributed by atoms with Crippen LogP contribution in [0.1, 0.15) is 35.7 Å². The van der Waals surface area contributed by atoms with Gasteiger partial charge in [-0.3, -0.25) is 9.59 Å². The van der Waals surface area contributed by atoms with Crippen LogP contribution in [-0.2, 0) is 16.0 Å². The van der Waals surface area contributed by atoms with Gasteiger partial charge in [0.25, 0.3) is 5.91 Å². The van der Waals surface area contributed by atoms with E-state index in [1.165, 1.54) is 0 Å². The number of ketones is 1. The molecule has 0 spiro atoms. The molecule has 0 aliphatic carbocycles. The second kappa shape index (κ2) is 8.10. The summed E-state index contributed by atoms with van der Waals surface area (Å²) in [5.74, 6) is 0.878. The Morgan fingerprint density at radius 2 is 2.04 bits per heavy atom. The number of aromatic nitrogens is 1. The fourth-order valence-electron chi connectivity index (χ4n) is 3.77. The number of carbonyl (C=O) groups excluding carboxylic acids is 2. The van der Waals surface area contributed by atoms with Crippen molar-refractivity contribution in [1.29, 1.82) is 0 Å². The van der Waals surface area contributed by atoms with Crippen molar-refractivity contribution in [3.05, 3.63) is 47.7 Å². The Kier molecular flexibility index (Phi) is 5.39. The zero-order chi connectivity index (χ0) is 19.5. The molecule has 28 heavy (non-hydrogen) atoms. The van der Waals surface area contributed by atoms with Crippen LogP contribution < -0.4 is 10.1 Å². The largest absolute Gasteiger partial charge is 0.464 e. The minimum atomic E-state index is -0.570. The minimum absolute atomic E-state index is 0.0224. The Morgan fingerprint density at radius 3 is 2.82 bits per heavy atom. The van der Waals surface area contributed by atoms with Crippen molar-refractivity contribution in [2.75, 3.05) is 19.8 Å². The molecule has 2 aliphatic heterocycles. The number of hydrogen-bond donors (Lipinski definition) is 1. The summed E-state index contributed by atoms with van der Waals surface area (Å²) in [5.41, 5.74) is 3.45. The lowest BCUT2D eigenvalue weighted by Gasteiger charge is -2.22. The maximum Gasteiger partial charge on any atom is 0.261 e. The molecular formula is C22H24N2O4. The molecule has 4 rings (SSSR count). The van der Waals surface area contributed by atoms with Crippen LogP contribution in [0.15, 0.2) is 36.5 Å². The first-order valence-corrected chi connectivity index (χ1v) is 9.73. The summed E-state index contributed by atoms with van der Waals surface area (Å²) in [6, 6.07) is 9.41. The summed E-state index contributed by atoms with van der Waals surface area (Å²) in [5, 5.41) is 3.02. The molecule has 146 valence electrons. The molecule has 0 radical (unpaired) electrons. The van der Waals surface area contributed by atoms with Gasteiger partial charge in [0.15, 0.2) is 11.9 Å². The van der Waals surface area contributed by atoms with Gasteiger partial charge in [-0.25, -0.2) is 4.98 Å². The van der Waals surface area contributed by atoms with Crippen LogP contribution in [0, 0.1) is 5.92 Å². The summed E-state index contributed by atoms with van der Waals surface area (Å²) in [7, 11) is 0. The maximum atomic E-state index is 12.6. The molecular weight excluding hydrogens is 356 g/mol. The number of amides is 1. The zero-order valence-electron chi connectivity index (χ0n) is 15.9. The zero-order valence-corrected chi connectivity index (χ0v) is 15.9. The van der Waals surface area contributed by atoms with E-state index in [1.807, 2.05) is 24.3 Å². The highest BCUT2D eigenvalue weighted by Crippen LogP contribution is 2.35. The molecule has 1 N–H and O–H groups in total. The van der Waals surface area contributed by atoms with Crippen LogP contribution in [0.25, 0.3) is 11.1 Å². The van der Waals surface area contributed by atoms with Crippen molar-refractivity contribution in [3.63, 3.8) is 0 Å². The van der Waals surface area contributed by atoms with E-state index in [1.54, 1.807) is 19.2 Å². The topological polar surface area (TPSA) is 77.5 Å². The second-order valence-electron chi connectivity index (χ2n) is 7.39. The van der Waals surface area contributed by atoms with Gasteiger partial charge in [-0.05, 0) is 48.9 Å². The first-order valence-electron chi connectivity index (χ1n) is 9.73. The third kappa shape index (κ3) is 3.92. The molecule has 1 aromatic heterocycles. The Morgan fingerprint density at radius 1 is 1.21 bits per heavy atom.